The van der Waals surface area contributed by atoms with E-state index in [-0.39, 0.29) is 16.8 Å². The topological polar surface area (TPSA) is 63.4 Å². The number of hydrogen-bond acceptors (Lipinski definition) is 5. The van der Waals surface area contributed by atoms with E-state index in [4.69, 9.17) is 4.42 Å². The number of amides is 1. The van der Waals surface area contributed by atoms with E-state index in [9.17, 15) is 14.0 Å². The first-order valence-corrected chi connectivity index (χ1v) is 9.96. The predicted octanol–water partition coefficient (Wildman–Crippen LogP) is 4.90. The molecule has 28 heavy (non-hydrogen) atoms. The zero-order valence-corrected chi connectivity index (χ0v) is 16.5. The van der Waals surface area contributed by atoms with Gasteiger partial charge in [0.15, 0.2) is 10.6 Å². The SMILES string of the molecule is O=C1c2oc3ccc(Br)cc3c(=O)c2C(c2ccc(F)cc2)N1c1nccs1. The van der Waals surface area contributed by atoms with Crippen LogP contribution in [0.4, 0.5) is 9.52 Å². The van der Waals surface area contributed by atoms with Crippen molar-refractivity contribution in [2.24, 2.45) is 0 Å². The lowest BCUT2D eigenvalue weighted by molar-refractivity contribution is 0.0971. The Kier molecular flexibility index (Phi) is 3.92. The molecule has 1 unspecified atom stereocenters. The quantitative estimate of drug-likeness (QED) is 0.430. The highest BCUT2D eigenvalue weighted by Gasteiger charge is 2.44. The Bertz CT molecular complexity index is 1290. The maximum atomic E-state index is 13.5. The average molecular weight is 457 g/mol. The summed E-state index contributed by atoms with van der Waals surface area (Å²) in [4.78, 5) is 32.2. The van der Waals surface area contributed by atoms with Gasteiger partial charge in [-0.2, -0.15) is 0 Å². The lowest BCUT2D eigenvalue weighted by atomic mass is 9.99. The number of carbonyl (C=O) groups is 1. The summed E-state index contributed by atoms with van der Waals surface area (Å²) in [5.41, 5.74) is 0.876. The molecule has 0 bridgehead atoms. The summed E-state index contributed by atoms with van der Waals surface area (Å²) in [6, 6.07) is 10.0. The first-order chi connectivity index (χ1) is 13.5. The number of aromatic nitrogens is 1. The van der Waals surface area contributed by atoms with Crippen molar-refractivity contribution >= 4 is 49.3 Å². The molecule has 1 aliphatic rings. The minimum Gasteiger partial charge on any atom is -0.450 e. The van der Waals surface area contributed by atoms with Crippen molar-refractivity contribution in [3.63, 3.8) is 0 Å². The van der Waals surface area contributed by atoms with Crippen molar-refractivity contribution in [1.82, 2.24) is 4.98 Å². The third-order valence-corrected chi connectivity index (χ3v) is 5.91. The molecule has 0 radical (unpaired) electrons. The van der Waals surface area contributed by atoms with E-state index >= 15 is 0 Å². The van der Waals surface area contributed by atoms with Crippen LogP contribution in [0.1, 0.15) is 27.7 Å². The van der Waals surface area contributed by atoms with Gasteiger partial charge in [0.2, 0.25) is 5.76 Å². The molecule has 8 heteroatoms. The average Bonchev–Trinajstić information content (AvgIpc) is 3.30. The molecule has 2 aromatic carbocycles. The van der Waals surface area contributed by atoms with Gasteiger partial charge in [-0.3, -0.25) is 14.5 Å². The first-order valence-electron chi connectivity index (χ1n) is 8.29. The number of benzene rings is 2. The Hall–Kier alpha value is -2.84. The maximum Gasteiger partial charge on any atom is 0.297 e. The van der Waals surface area contributed by atoms with E-state index in [1.165, 1.54) is 28.4 Å². The number of halogens is 2. The van der Waals surface area contributed by atoms with Gasteiger partial charge in [-0.25, -0.2) is 9.37 Å². The van der Waals surface area contributed by atoms with Gasteiger partial charge in [-0.05, 0) is 35.9 Å². The van der Waals surface area contributed by atoms with Gasteiger partial charge in [0.1, 0.15) is 11.4 Å². The Balaban J connectivity index is 1.83. The van der Waals surface area contributed by atoms with Crippen molar-refractivity contribution in [2.45, 2.75) is 6.04 Å². The fourth-order valence-corrected chi connectivity index (χ4v) is 4.47. The number of nitrogens with zero attached hydrogens (tertiary/aromatic N) is 2. The number of fused-ring (bicyclic) bond motifs is 2. The first kappa shape index (κ1) is 17.3. The van der Waals surface area contributed by atoms with Gasteiger partial charge < -0.3 is 4.42 Å². The van der Waals surface area contributed by atoms with Crippen LogP contribution in [0.5, 0.6) is 0 Å². The smallest absolute Gasteiger partial charge is 0.297 e. The second-order valence-electron chi connectivity index (χ2n) is 6.26. The van der Waals surface area contributed by atoms with Gasteiger partial charge in [-0.1, -0.05) is 28.1 Å². The van der Waals surface area contributed by atoms with E-state index in [0.717, 1.165) is 4.47 Å². The van der Waals surface area contributed by atoms with Crippen molar-refractivity contribution < 1.29 is 13.6 Å². The van der Waals surface area contributed by atoms with Gasteiger partial charge in [0, 0.05) is 16.0 Å². The van der Waals surface area contributed by atoms with Crippen LogP contribution in [0.3, 0.4) is 0 Å². The number of anilines is 1. The van der Waals surface area contributed by atoms with Crippen LogP contribution in [-0.2, 0) is 0 Å². The second kappa shape index (κ2) is 6.35. The predicted molar refractivity (Wildman–Crippen MR) is 107 cm³/mol. The molecule has 1 aliphatic heterocycles. The number of rotatable bonds is 2. The molecule has 4 aromatic rings. The third kappa shape index (κ3) is 2.52. The highest BCUT2D eigenvalue weighted by molar-refractivity contribution is 9.10. The zero-order valence-electron chi connectivity index (χ0n) is 14.1. The van der Waals surface area contributed by atoms with Crippen LogP contribution in [0.25, 0.3) is 11.0 Å². The molecule has 138 valence electrons. The largest absolute Gasteiger partial charge is 0.450 e. The van der Waals surface area contributed by atoms with Crippen LogP contribution in [0.15, 0.2) is 67.7 Å². The number of carbonyl (C=O) groups excluding carboxylic acids is 1. The van der Waals surface area contributed by atoms with E-state index in [1.54, 1.807) is 41.9 Å². The molecule has 3 heterocycles. The van der Waals surface area contributed by atoms with Gasteiger partial charge >= 0.3 is 0 Å². The Labute approximate surface area is 170 Å². The van der Waals surface area contributed by atoms with Crippen LogP contribution < -0.4 is 10.3 Å². The highest BCUT2D eigenvalue weighted by atomic mass is 79.9. The second-order valence-corrected chi connectivity index (χ2v) is 8.05. The van der Waals surface area contributed by atoms with Gasteiger partial charge in [-0.15, -0.1) is 11.3 Å². The fourth-order valence-electron chi connectivity index (χ4n) is 3.44. The third-order valence-electron chi connectivity index (χ3n) is 4.64. The Morgan fingerprint density at radius 2 is 1.93 bits per heavy atom. The van der Waals surface area contributed by atoms with E-state index in [1.807, 2.05) is 0 Å². The molecule has 1 atom stereocenters. The summed E-state index contributed by atoms with van der Waals surface area (Å²) in [7, 11) is 0. The van der Waals surface area contributed by atoms with Crippen molar-refractivity contribution in [3.05, 3.63) is 91.4 Å². The minimum atomic E-state index is -0.742. The summed E-state index contributed by atoms with van der Waals surface area (Å²) < 4.78 is 20.0. The standard InChI is InChI=1S/C20H10BrFN2O3S/c21-11-3-6-14-13(9-11)17(25)15-16(10-1-4-12(22)5-2-10)24(19(26)18(15)27-14)20-23-7-8-28-20/h1-9,16H. The molecule has 0 fully saturated rings. The number of thiazole rings is 1. The van der Waals surface area contributed by atoms with Gasteiger partial charge in [0.05, 0.1) is 17.0 Å². The summed E-state index contributed by atoms with van der Waals surface area (Å²) in [5.74, 6) is -0.853. The minimum absolute atomic E-state index is 0.00986. The normalized spacial score (nSPS) is 16.0. The molecule has 0 spiro atoms. The fraction of sp³-hybridized carbons (Fsp3) is 0.0500. The molecule has 5 nitrogen and oxygen atoms in total. The number of hydrogen-bond donors (Lipinski definition) is 0. The van der Waals surface area contributed by atoms with E-state index in [2.05, 4.69) is 20.9 Å². The van der Waals surface area contributed by atoms with E-state index in [0.29, 0.717) is 21.7 Å². The molecule has 0 saturated heterocycles. The molecule has 5 rings (SSSR count). The van der Waals surface area contributed by atoms with Crippen LogP contribution in [-0.4, -0.2) is 10.9 Å². The van der Waals surface area contributed by atoms with Gasteiger partial charge in [0.25, 0.3) is 5.91 Å². The molecule has 2 aromatic heterocycles. The maximum absolute atomic E-state index is 13.5. The van der Waals surface area contributed by atoms with E-state index < -0.39 is 17.8 Å². The summed E-state index contributed by atoms with van der Waals surface area (Å²) in [6.07, 6.45) is 1.58. The molecule has 0 saturated carbocycles. The van der Waals surface area contributed by atoms with Crippen molar-refractivity contribution in [3.8, 4) is 0 Å². The van der Waals surface area contributed by atoms with Crippen molar-refractivity contribution in [1.29, 1.82) is 0 Å². The Morgan fingerprint density at radius 1 is 1.14 bits per heavy atom. The molecule has 0 N–H and O–H groups in total. The summed E-state index contributed by atoms with van der Waals surface area (Å²) >= 11 is 4.64. The molecular weight excluding hydrogens is 447 g/mol. The Morgan fingerprint density at radius 3 is 2.64 bits per heavy atom. The molecule has 1 amide bonds. The van der Waals surface area contributed by atoms with Crippen LogP contribution in [0.2, 0.25) is 0 Å². The molecular formula is C20H10BrFN2O3S. The monoisotopic (exact) mass is 456 g/mol. The molecule has 0 aliphatic carbocycles. The summed E-state index contributed by atoms with van der Waals surface area (Å²) in [6.45, 7) is 0. The zero-order chi connectivity index (χ0) is 19.4. The lowest BCUT2D eigenvalue weighted by Gasteiger charge is -2.22. The van der Waals surface area contributed by atoms with Crippen molar-refractivity contribution in [2.75, 3.05) is 4.90 Å². The lowest BCUT2D eigenvalue weighted by Crippen LogP contribution is -2.29. The van der Waals surface area contributed by atoms with Crippen LogP contribution >= 0.6 is 27.3 Å². The highest BCUT2D eigenvalue weighted by Crippen LogP contribution is 2.41. The summed E-state index contributed by atoms with van der Waals surface area (Å²) in [5, 5.41) is 2.56. The van der Waals surface area contributed by atoms with Crippen LogP contribution in [0, 0.1) is 5.82 Å².